The molecule has 0 fully saturated rings. The molecule has 0 aromatic heterocycles. The summed E-state index contributed by atoms with van der Waals surface area (Å²) >= 11 is 0. The average Bonchev–Trinajstić information content (AvgIpc) is 2.40. The standard InChI is InChI=1S/C12H18N2O4S/c1-3-18-12(15)8-9-14-10-4-6-11(7-5-10)19(16,17)13-2/h4-7,13-14H,3,8-9H2,1-2H3. The van der Waals surface area contributed by atoms with Crippen molar-refractivity contribution in [2.45, 2.75) is 18.2 Å². The lowest BCUT2D eigenvalue weighted by molar-refractivity contribution is -0.142. The summed E-state index contributed by atoms with van der Waals surface area (Å²) in [6, 6.07) is 6.29. The largest absolute Gasteiger partial charge is 0.466 e. The maximum absolute atomic E-state index is 11.5. The van der Waals surface area contributed by atoms with Crippen molar-refractivity contribution >= 4 is 21.7 Å². The molecule has 0 saturated carbocycles. The molecular weight excluding hydrogens is 268 g/mol. The van der Waals surface area contributed by atoms with Crippen molar-refractivity contribution < 1.29 is 17.9 Å². The molecule has 0 aliphatic carbocycles. The normalized spacial score (nSPS) is 11.1. The van der Waals surface area contributed by atoms with Crippen LogP contribution in [0.1, 0.15) is 13.3 Å². The number of carbonyl (C=O) groups is 1. The number of carbonyl (C=O) groups excluding carboxylic acids is 1. The predicted octanol–water partition coefficient (Wildman–Crippen LogP) is 0.960. The van der Waals surface area contributed by atoms with Gasteiger partial charge in [0.2, 0.25) is 10.0 Å². The van der Waals surface area contributed by atoms with Crippen LogP contribution in [0.2, 0.25) is 0 Å². The van der Waals surface area contributed by atoms with E-state index in [4.69, 9.17) is 4.74 Å². The van der Waals surface area contributed by atoms with Gasteiger partial charge in [-0.2, -0.15) is 0 Å². The van der Waals surface area contributed by atoms with E-state index in [1.165, 1.54) is 19.2 Å². The number of rotatable bonds is 7. The smallest absolute Gasteiger partial charge is 0.307 e. The van der Waals surface area contributed by atoms with Gasteiger partial charge >= 0.3 is 5.97 Å². The fraction of sp³-hybridized carbons (Fsp3) is 0.417. The number of hydrogen-bond donors (Lipinski definition) is 2. The fourth-order valence-corrected chi connectivity index (χ4v) is 2.14. The van der Waals surface area contributed by atoms with E-state index in [2.05, 4.69) is 10.0 Å². The molecule has 0 heterocycles. The monoisotopic (exact) mass is 286 g/mol. The third-order valence-electron chi connectivity index (χ3n) is 2.40. The number of anilines is 1. The van der Waals surface area contributed by atoms with E-state index in [-0.39, 0.29) is 17.3 Å². The highest BCUT2D eigenvalue weighted by Crippen LogP contribution is 2.13. The molecule has 19 heavy (non-hydrogen) atoms. The maximum Gasteiger partial charge on any atom is 0.307 e. The van der Waals surface area contributed by atoms with Crippen molar-refractivity contribution in [2.24, 2.45) is 0 Å². The van der Waals surface area contributed by atoms with Crippen LogP contribution in [-0.4, -0.2) is 34.6 Å². The summed E-state index contributed by atoms with van der Waals surface area (Å²) in [4.78, 5) is 11.3. The molecule has 1 aromatic rings. The lowest BCUT2D eigenvalue weighted by atomic mass is 10.3. The Morgan fingerprint density at radius 3 is 2.42 bits per heavy atom. The highest BCUT2D eigenvalue weighted by Gasteiger charge is 2.10. The number of nitrogens with one attached hydrogen (secondary N) is 2. The van der Waals surface area contributed by atoms with Crippen LogP contribution in [0, 0.1) is 0 Å². The second-order valence-electron chi connectivity index (χ2n) is 3.71. The van der Waals surface area contributed by atoms with Gasteiger partial charge in [0.1, 0.15) is 0 Å². The summed E-state index contributed by atoms with van der Waals surface area (Å²) in [6.07, 6.45) is 0.268. The van der Waals surface area contributed by atoms with Crippen LogP contribution < -0.4 is 10.0 Å². The van der Waals surface area contributed by atoms with Crippen molar-refractivity contribution in [2.75, 3.05) is 25.5 Å². The molecular formula is C12H18N2O4S. The topological polar surface area (TPSA) is 84.5 Å². The van der Waals surface area contributed by atoms with Gasteiger partial charge in [0, 0.05) is 12.2 Å². The van der Waals surface area contributed by atoms with Crippen LogP contribution in [0.5, 0.6) is 0 Å². The van der Waals surface area contributed by atoms with Gasteiger partial charge in [0.15, 0.2) is 0 Å². The van der Waals surface area contributed by atoms with Crippen molar-refractivity contribution in [1.82, 2.24) is 4.72 Å². The Balaban J connectivity index is 2.52. The van der Waals surface area contributed by atoms with Crippen LogP contribution in [0.25, 0.3) is 0 Å². The van der Waals surface area contributed by atoms with E-state index < -0.39 is 10.0 Å². The molecule has 0 spiro atoms. The highest BCUT2D eigenvalue weighted by molar-refractivity contribution is 7.89. The molecule has 0 unspecified atom stereocenters. The molecule has 0 aliphatic rings. The molecule has 0 amide bonds. The SMILES string of the molecule is CCOC(=O)CCNc1ccc(S(=O)(=O)NC)cc1. The third-order valence-corrected chi connectivity index (χ3v) is 3.83. The molecule has 1 aromatic carbocycles. The maximum atomic E-state index is 11.5. The zero-order valence-corrected chi connectivity index (χ0v) is 11.8. The Morgan fingerprint density at radius 2 is 1.89 bits per heavy atom. The molecule has 0 radical (unpaired) electrons. The van der Waals surface area contributed by atoms with E-state index in [0.29, 0.717) is 13.2 Å². The molecule has 6 nitrogen and oxygen atoms in total. The Kier molecular flexibility index (Phi) is 5.78. The highest BCUT2D eigenvalue weighted by atomic mass is 32.2. The van der Waals surface area contributed by atoms with Gasteiger partial charge in [0.25, 0.3) is 0 Å². The van der Waals surface area contributed by atoms with Crippen molar-refractivity contribution in [1.29, 1.82) is 0 Å². The van der Waals surface area contributed by atoms with Crippen LogP contribution in [0.4, 0.5) is 5.69 Å². The molecule has 2 N–H and O–H groups in total. The predicted molar refractivity (Wildman–Crippen MR) is 72.4 cm³/mol. The molecule has 0 atom stereocenters. The quantitative estimate of drug-likeness (QED) is 0.729. The summed E-state index contributed by atoms with van der Waals surface area (Å²) in [5.74, 6) is -0.260. The zero-order valence-electron chi connectivity index (χ0n) is 11.0. The van der Waals surface area contributed by atoms with Gasteiger partial charge in [-0.1, -0.05) is 0 Å². The molecule has 106 valence electrons. The fourth-order valence-electron chi connectivity index (χ4n) is 1.41. The lowest BCUT2D eigenvalue weighted by Crippen LogP contribution is -2.18. The van der Waals surface area contributed by atoms with Crippen LogP contribution in [0.15, 0.2) is 29.2 Å². The summed E-state index contributed by atoms with van der Waals surface area (Å²) in [7, 11) is -2.05. The summed E-state index contributed by atoms with van der Waals surface area (Å²) in [6.45, 7) is 2.57. The minimum absolute atomic E-state index is 0.200. The Hall–Kier alpha value is -1.60. The molecule has 0 aliphatic heterocycles. The first-order valence-electron chi connectivity index (χ1n) is 5.92. The van der Waals surface area contributed by atoms with E-state index in [1.54, 1.807) is 19.1 Å². The number of hydrogen-bond acceptors (Lipinski definition) is 5. The van der Waals surface area contributed by atoms with Gasteiger partial charge in [-0.25, -0.2) is 13.1 Å². The summed E-state index contributed by atoms with van der Waals surface area (Å²) < 4.78 is 30.0. The van der Waals surface area contributed by atoms with Gasteiger partial charge in [-0.05, 0) is 38.2 Å². The van der Waals surface area contributed by atoms with Gasteiger partial charge < -0.3 is 10.1 Å². The zero-order chi connectivity index (χ0) is 14.3. The first-order valence-corrected chi connectivity index (χ1v) is 7.41. The number of benzene rings is 1. The van der Waals surface area contributed by atoms with Gasteiger partial charge in [0.05, 0.1) is 17.9 Å². The van der Waals surface area contributed by atoms with Gasteiger partial charge in [-0.3, -0.25) is 4.79 Å². The van der Waals surface area contributed by atoms with E-state index in [9.17, 15) is 13.2 Å². The lowest BCUT2D eigenvalue weighted by Gasteiger charge is -2.07. The second kappa shape index (κ2) is 7.10. The molecule has 7 heteroatoms. The molecule has 1 rings (SSSR count). The summed E-state index contributed by atoms with van der Waals surface area (Å²) in [5, 5.41) is 3.01. The second-order valence-corrected chi connectivity index (χ2v) is 5.60. The number of sulfonamides is 1. The molecule has 0 bridgehead atoms. The van der Waals surface area contributed by atoms with E-state index in [1.807, 2.05) is 0 Å². The minimum atomic E-state index is -3.41. The van der Waals surface area contributed by atoms with Crippen LogP contribution in [-0.2, 0) is 19.6 Å². The number of esters is 1. The molecule has 0 saturated heterocycles. The summed E-state index contributed by atoms with van der Waals surface area (Å²) in [5.41, 5.74) is 0.749. The van der Waals surface area contributed by atoms with E-state index >= 15 is 0 Å². The van der Waals surface area contributed by atoms with Crippen molar-refractivity contribution in [3.05, 3.63) is 24.3 Å². The first-order chi connectivity index (χ1) is 8.99. The Morgan fingerprint density at radius 1 is 1.26 bits per heavy atom. The Labute approximate surface area is 113 Å². The van der Waals surface area contributed by atoms with Crippen LogP contribution >= 0.6 is 0 Å². The van der Waals surface area contributed by atoms with Crippen LogP contribution in [0.3, 0.4) is 0 Å². The third kappa shape index (κ3) is 4.88. The average molecular weight is 286 g/mol. The first kappa shape index (κ1) is 15.5. The van der Waals surface area contributed by atoms with E-state index in [0.717, 1.165) is 5.69 Å². The minimum Gasteiger partial charge on any atom is -0.466 e. The van der Waals surface area contributed by atoms with Crippen molar-refractivity contribution in [3.63, 3.8) is 0 Å². The van der Waals surface area contributed by atoms with Crippen molar-refractivity contribution in [3.8, 4) is 0 Å². The number of ether oxygens (including phenoxy) is 1. The Bertz CT molecular complexity index is 511. The van der Waals surface area contributed by atoms with Gasteiger partial charge in [-0.15, -0.1) is 0 Å².